The third kappa shape index (κ3) is 7.45. The van der Waals surface area contributed by atoms with Crippen LogP contribution in [-0.4, -0.2) is 57.9 Å². The molecule has 0 saturated heterocycles. The number of aromatic nitrogens is 2. The van der Waals surface area contributed by atoms with Crippen molar-refractivity contribution in [1.82, 2.24) is 24.9 Å². The van der Waals surface area contributed by atoms with E-state index in [9.17, 15) is 14.4 Å². The zero-order chi connectivity index (χ0) is 31.0. The van der Waals surface area contributed by atoms with Crippen LogP contribution in [0.15, 0.2) is 54.6 Å². The Hall–Kier alpha value is -3.98. The first-order valence-corrected chi connectivity index (χ1v) is 14.8. The number of Topliss-reactive ketones (excluding diaryl/α,β-unsaturated/α-hetero) is 1. The summed E-state index contributed by atoms with van der Waals surface area (Å²) in [7, 11) is 5.80. The minimum absolute atomic E-state index is 0.156. The number of carbonyl (C=O) groups excluding carboxylic acids is 3. The van der Waals surface area contributed by atoms with Crippen molar-refractivity contribution in [3.05, 3.63) is 82.5 Å². The van der Waals surface area contributed by atoms with Gasteiger partial charge >= 0.3 is 6.03 Å². The van der Waals surface area contributed by atoms with Gasteiger partial charge in [-0.1, -0.05) is 63.2 Å². The molecule has 4 rings (SSSR count). The fourth-order valence-corrected chi connectivity index (χ4v) is 5.50. The molecule has 1 aliphatic heterocycles. The van der Waals surface area contributed by atoms with E-state index < -0.39 is 5.54 Å². The van der Waals surface area contributed by atoms with E-state index in [1.54, 1.807) is 27.8 Å². The number of benzene rings is 2. The Morgan fingerprint density at radius 3 is 2.38 bits per heavy atom. The summed E-state index contributed by atoms with van der Waals surface area (Å²) in [5.41, 5.74) is 3.35. The Morgan fingerprint density at radius 2 is 1.74 bits per heavy atom. The Labute approximate surface area is 250 Å². The first-order chi connectivity index (χ1) is 20.0. The van der Waals surface area contributed by atoms with Crippen molar-refractivity contribution in [3.8, 4) is 0 Å². The Balaban J connectivity index is 0.00000237. The van der Waals surface area contributed by atoms with Crippen molar-refractivity contribution < 1.29 is 14.4 Å². The summed E-state index contributed by atoms with van der Waals surface area (Å²) in [5, 5.41) is 10.8. The van der Waals surface area contributed by atoms with E-state index in [-0.39, 0.29) is 23.8 Å². The van der Waals surface area contributed by atoms with Crippen LogP contribution in [0.4, 0.5) is 10.6 Å². The number of aryl methyl sites for hydroxylation is 1. The number of ketones is 1. The standard InChI is InChI=1S/C31H40N6O3.C2H6/c1-7-12-24(38)18-21-13-11-16-23(17-21)29(39)33-28-25-19-37(31(2,3)27(25)36(6)34-28)30(40)32-26(20-35(4)5)22-14-9-8-10-15-22;1-2/h8-11,13-17,26H,7,12,18-20H2,1-6H3,(H,32,40)(H,33,34,39);1-2H3/t26-;/m1./s1. The molecule has 0 bridgehead atoms. The molecule has 0 saturated carbocycles. The van der Waals surface area contributed by atoms with Crippen molar-refractivity contribution >= 4 is 23.5 Å². The molecule has 1 aliphatic rings. The number of hydrogen-bond donors (Lipinski definition) is 2. The molecule has 0 spiro atoms. The Bertz CT molecular complexity index is 1380. The predicted octanol–water partition coefficient (Wildman–Crippen LogP) is 5.67. The highest BCUT2D eigenvalue weighted by Gasteiger charge is 2.45. The number of rotatable bonds is 10. The van der Waals surface area contributed by atoms with Crippen LogP contribution in [0, 0.1) is 0 Å². The highest BCUT2D eigenvalue weighted by molar-refractivity contribution is 6.04. The maximum absolute atomic E-state index is 13.7. The van der Waals surface area contributed by atoms with Crippen molar-refractivity contribution in [3.63, 3.8) is 0 Å². The van der Waals surface area contributed by atoms with Crippen molar-refractivity contribution in [2.24, 2.45) is 7.05 Å². The first kappa shape index (κ1) is 32.5. The van der Waals surface area contributed by atoms with Gasteiger partial charge in [0.2, 0.25) is 0 Å². The number of nitrogens with zero attached hydrogens (tertiary/aromatic N) is 4. The lowest BCUT2D eigenvalue weighted by Gasteiger charge is -2.34. The minimum Gasteiger partial charge on any atom is -0.330 e. The fourth-order valence-electron chi connectivity index (χ4n) is 5.50. The third-order valence-corrected chi connectivity index (χ3v) is 7.36. The zero-order valence-electron chi connectivity index (χ0n) is 26.3. The van der Waals surface area contributed by atoms with Crippen molar-refractivity contribution in [2.75, 3.05) is 26.0 Å². The smallest absolute Gasteiger partial charge is 0.319 e. The molecule has 1 atom stereocenters. The van der Waals surface area contributed by atoms with Gasteiger partial charge in [0, 0.05) is 37.6 Å². The molecule has 3 amide bonds. The Kier molecular flexibility index (Phi) is 11.1. The summed E-state index contributed by atoms with van der Waals surface area (Å²) in [6, 6.07) is 16.7. The van der Waals surface area contributed by atoms with E-state index in [0.717, 1.165) is 28.8 Å². The highest BCUT2D eigenvalue weighted by Crippen LogP contribution is 2.42. The molecule has 0 aliphatic carbocycles. The van der Waals surface area contributed by atoms with Gasteiger partial charge in [-0.15, -0.1) is 0 Å². The second-order valence-corrected chi connectivity index (χ2v) is 11.2. The van der Waals surface area contributed by atoms with E-state index in [1.807, 2.05) is 97.1 Å². The summed E-state index contributed by atoms with van der Waals surface area (Å²) in [4.78, 5) is 42.9. The van der Waals surface area contributed by atoms with Gasteiger partial charge < -0.3 is 20.4 Å². The minimum atomic E-state index is -0.650. The quantitative estimate of drug-likeness (QED) is 0.325. The molecule has 226 valence electrons. The zero-order valence-corrected chi connectivity index (χ0v) is 26.3. The molecule has 2 heterocycles. The van der Waals surface area contributed by atoms with Gasteiger partial charge in [0.05, 0.1) is 23.8 Å². The second kappa shape index (κ2) is 14.3. The van der Waals surface area contributed by atoms with Gasteiger partial charge in [-0.3, -0.25) is 14.3 Å². The molecule has 2 aromatic carbocycles. The molecule has 0 fully saturated rings. The summed E-state index contributed by atoms with van der Waals surface area (Å²) in [6.07, 6.45) is 1.64. The fraction of sp³-hybridized carbons (Fsp3) is 0.455. The van der Waals surface area contributed by atoms with E-state index >= 15 is 0 Å². The van der Waals surface area contributed by atoms with Gasteiger partial charge in [-0.2, -0.15) is 5.10 Å². The lowest BCUT2D eigenvalue weighted by atomic mass is 10.0. The highest BCUT2D eigenvalue weighted by atomic mass is 16.2. The molecule has 9 nitrogen and oxygen atoms in total. The molecular formula is C33H46N6O3. The van der Waals surface area contributed by atoms with Crippen LogP contribution in [0.3, 0.4) is 0 Å². The molecular weight excluding hydrogens is 528 g/mol. The summed E-state index contributed by atoms with van der Waals surface area (Å²) < 4.78 is 1.74. The van der Waals surface area contributed by atoms with E-state index in [0.29, 0.717) is 37.3 Å². The Morgan fingerprint density at radius 1 is 1.05 bits per heavy atom. The number of likely N-dealkylation sites (N-methyl/N-ethyl adjacent to an activating group) is 1. The van der Waals surface area contributed by atoms with Gasteiger partial charge in [0.25, 0.3) is 5.91 Å². The van der Waals surface area contributed by atoms with Crippen LogP contribution in [0.25, 0.3) is 0 Å². The largest absolute Gasteiger partial charge is 0.330 e. The first-order valence-electron chi connectivity index (χ1n) is 14.8. The number of carbonyl (C=O) groups is 3. The molecule has 0 unspecified atom stereocenters. The second-order valence-electron chi connectivity index (χ2n) is 11.2. The maximum Gasteiger partial charge on any atom is 0.319 e. The van der Waals surface area contributed by atoms with E-state index in [4.69, 9.17) is 0 Å². The average Bonchev–Trinajstić information content (AvgIpc) is 3.43. The van der Waals surface area contributed by atoms with E-state index in [2.05, 4.69) is 15.7 Å². The van der Waals surface area contributed by atoms with Crippen LogP contribution in [-0.2, 0) is 30.3 Å². The number of anilines is 1. The maximum atomic E-state index is 13.7. The van der Waals surface area contributed by atoms with Crippen LogP contribution < -0.4 is 10.6 Å². The molecule has 42 heavy (non-hydrogen) atoms. The van der Waals surface area contributed by atoms with Crippen LogP contribution >= 0.6 is 0 Å². The third-order valence-electron chi connectivity index (χ3n) is 7.36. The summed E-state index contributed by atoms with van der Waals surface area (Å²) >= 11 is 0. The van der Waals surface area contributed by atoms with Gasteiger partial charge in [-0.25, -0.2) is 4.79 Å². The summed E-state index contributed by atoms with van der Waals surface area (Å²) in [6.45, 7) is 10.9. The van der Waals surface area contributed by atoms with Gasteiger partial charge in [0.1, 0.15) is 5.78 Å². The SMILES string of the molecule is CC.CCCC(=O)Cc1cccc(C(=O)Nc2nn(C)c3c2CN(C(=O)N[C@H](CN(C)C)c2ccccc2)C3(C)C)c1. The molecule has 0 radical (unpaired) electrons. The van der Waals surface area contributed by atoms with E-state index in [1.165, 1.54) is 0 Å². The monoisotopic (exact) mass is 574 g/mol. The normalized spacial score (nSPS) is 14.1. The average molecular weight is 575 g/mol. The lowest BCUT2D eigenvalue weighted by Crippen LogP contribution is -2.49. The predicted molar refractivity (Wildman–Crippen MR) is 167 cm³/mol. The van der Waals surface area contributed by atoms with Gasteiger partial charge in [0.15, 0.2) is 5.82 Å². The lowest BCUT2D eigenvalue weighted by molar-refractivity contribution is -0.118. The molecule has 3 aromatic rings. The van der Waals surface area contributed by atoms with Crippen LogP contribution in [0.2, 0.25) is 0 Å². The summed E-state index contributed by atoms with van der Waals surface area (Å²) in [5.74, 6) is 0.288. The topological polar surface area (TPSA) is 99.6 Å². The van der Waals surface area contributed by atoms with Crippen molar-refractivity contribution in [2.45, 2.75) is 72.0 Å². The molecule has 1 aromatic heterocycles. The molecule has 2 N–H and O–H groups in total. The number of urea groups is 1. The number of fused-ring (bicyclic) bond motifs is 1. The van der Waals surface area contributed by atoms with Crippen molar-refractivity contribution in [1.29, 1.82) is 0 Å². The number of amides is 3. The van der Waals surface area contributed by atoms with Gasteiger partial charge in [-0.05, 0) is 57.6 Å². The number of nitrogens with one attached hydrogen (secondary N) is 2. The molecule has 9 heteroatoms. The number of hydrogen-bond acceptors (Lipinski definition) is 5. The van der Waals surface area contributed by atoms with Crippen LogP contribution in [0.5, 0.6) is 0 Å². The van der Waals surface area contributed by atoms with Crippen LogP contribution in [0.1, 0.15) is 86.2 Å².